The lowest BCUT2D eigenvalue weighted by atomic mass is 10.1. The van der Waals surface area contributed by atoms with Crippen molar-refractivity contribution < 1.29 is 18.7 Å². The van der Waals surface area contributed by atoms with Crippen LogP contribution in [0.1, 0.15) is 18.2 Å². The summed E-state index contributed by atoms with van der Waals surface area (Å²) in [6.45, 7) is 0.258. The second-order valence-corrected chi connectivity index (χ2v) is 6.65. The number of hydrogen-bond acceptors (Lipinski definition) is 4. The first-order valence-electron chi connectivity index (χ1n) is 9.09. The summed E-state index contributed by atoms with van der Waals surface area (Å²) >= 11 is 0. The number of para-hydroxylation sites is 1. The molecule has 1 aliphatic rings. The number of amides is 2. The molecule has 8 heteroatoms. The van der Waals surface area contributed by atoms with Gasteiger partial charge in [-0.15, -0.1) is 0 Å². The highest BCUT2D eigenvalue weighted by molar-refractivity contribution is 6.04. The Bertz CT molecular complexity index is 1070. The van der Waals surface area contributed by atoms with E-state index in [1.165, 1.54) is 22.9 Å². The van der Waals surface area contributed by atoms with Gasteiger partial charge in [-0.3, -0.25) is 9.59 Å². The Kier molecular flexibility index (Phi) is 5.09. The molecule has 2 heterocycles. The van der Waals surface area contributed by atoms with E-state index in [0.717, 1.165) is 11.1 Å². The fourth-order valence-corrected chi connectivity index (χ4v) is 3.40. The average Bonchev–Trinajstić information content (AvgIpc) is 3.20. The second kappa shape index (κ2) is 7.84. The van der Waals surface area contributed by atoms with E-state index in [2.05, 4.69) is 15.7 Å². The summed E-state index contributed by atoms with van der Waals surface area (Å²) in [6.07, 6.45) is -0.171. The molecule has 0 aliphatic carbocycles. The molecular weight excluding hydrogens is 375 g/mol. The van der Waals surface area contributed by atoms with E-state index < -0.39 is 17.8 Å². The number of halogens is 1. The smallest absolute Gasteiger partial charge is 0.251 e. The molecule has 2 amide bonds. The molecule has 0 unspecified atom stereocenters. The van der Waals surface area contributed by atoms with Gasteiger partial charge in [-0.1, -0.05) is 42.5 Å². The third-order valence-corrected chi connectivity index (χ3v) is 4.69. The zero-order valence-electron chi connectivity index (χ0n) is 15.7. The predicted octanol–water partition coefficient (Wildman–Crippen LogP) is 3.36. The number of methoxy groups -OCH3 is 1. The molecule has 0 fully saturated rings. The van der Waals surface area contributed by atoms with Gasteiger partial charge in [0.05, 0.1) is 24.4 Å². The normalized spacial score (nSPS) is 15.1. The fourth-order valence-electron chi connectivity index (χ4n) is 3.40. The maximum Gasteiger partial charge on any atom is 0.251 e. The van der Waals surface area contributed by atoms with E-state index in [1.54, 1.807) is 13.2 Å². The predicted molar refractivity (Wildman–Crippen MR) is 106 cm³/mol. The van der Waals surface area contributed by atoms with Gasteiger partial charge in [0.2, 0.25) is 5.91 Å². The Labute approximate surface area is 166 Å². The lowest BCUT2D eigenvalue weighted by molar-refractivity contribution is -0.123. The van der Waals surface area contributed by atoms with Gasteiger partial charge in [-0.25, -0.2) is 9.07 Å². The molecule has 7 nitrogen and oxygen atoms in total. The van der Waals surface area contributed by atoms with Crippen molar-refractivity contribution in [3.8, 4) is 11.1 Å². The summed E-state index contributed by atoms with van der Waals surface area (Å²) in [5.74, 6) is -0.826. The molecule has 2 N–H and O–H groups in total. The van der Waals surface area contributed by atoms with Gasteiger partial charge in [0, 0.05) is 12.7 Å². The van der Waals surface area contributed by atoms with Crippen LogP contribution in [-0.2, 0) is 20.9 Å². The van der Waals surface area contributed by atoms with Crippen LogP contribution in [0.3, 0.4) is 0 Å². The van der Waals surface area contributed by atoms with Crippen LogP contribution in [0.2, 0.25) is 0 Å². The van der Waals surface area contributed by atoms with E-state index in [-0.39, 0.29) is 24.6 Å². The Morgan fingerprint density at radius 1 is 1.21 bits per heavy atom. The van der Waals surface area contributed by atoms with Gasteiger partial charge in [0.25, 0.3) is 5.91 Å². The van der Waals surface area contributed by atoms with Crippen LogP contribution in [0.25, 0.3) is 11.1 Å². The summed E-state index contributed by atoms with van der Waals surface area (Å²) in [5, 5.41) is 9.85. The van der Waals surface area contributed by atoms with Crippen LogP contribution in [0, 0.1) is 5.82 Å². The molecule has 4 rings (SSSR count). The average molecular weight is 394 g/mol. The van der Waals surface area contributed by atoms with Crippen molar-refractivity contribution in [2.45, 2.75) is 19.1 Å². The van der Waals surface area contributed by atoms with Crippen molar-refractivity contribution in [3.63, 3.8) is 0 Å². The zero-order chi connectivity index (χ0) is 20.4. The quantitative estimate of drug-likeness (QED) is 0.671. The molecule has 0 bridgehead atoms. The molecule has 0 radical (unpaired) electrons. The number of fused-ring (bicyclic) bond motifs is 1. The van der Waals surface area contributed by atoms with Crippen molar-refractivity contribution in [3.05, 3.63) is 66.1 Å². The van der Waals surface area contributed by atoms with E-state index in [9.17, 15) is 14.0 Å². The maximum absolute atomic E-state index is 13.8. The Morgan fingerprint density at radius 2 is 1.93 bits per heavy atom. The van der Waals surface area contributed by atoms with Crippen LogP contribution in [-0.4, -0.2) is 28.7 Å². The molecule has 1 aromatic heterocycles. The van der Waals surface area contributed by atoms with Crippen LogP contribution in [0.15, 0.2) is 54.6 Å². The van der Waals surface area contributed by atoms with E-state index in [1.807, 2.05) is 30.3 Å². The number of anilines is 2. The molecule has 0 saturated carbocycles. The van der Waals surface area contributed by atoms with Gasteiger partial charge >= 0.3 is 0 Å². The molecule has 0 saturated heterocycles. The first-order chi connectivity index (χ1) is 14.1. The van der Waals surface area contributed by atoms with Crippen LogP contribution in [0.4, 0.5) is 15.9 Å². The lowest BCUT2D eigenvalue weighted by Crippen LogP contribution is -2.24. The van der Waals surface area contributed by atoms with Gasteiger partial charge in [-0.05, 0) is 17.7 Å². The largest absolute Gasteiger partial charge is 0.378 e. The molecule has 0 spiro atoms. The van der Waals surface area contributed by atoms with Crippen molar-refractivity contribution in [1.29, 1.82) is 0 Å². The number of hydrogen-bond donors (Lipinski definition) is 2. The number of carbonyl (C=O) groups excluding carboxylic acids is 2. The standard InChI is InChI=1S/C21H19FN4O3/c1-29-12-16-19(13-7-3-2-4-8-13)20-24-21(28)17(26(20)25-16)11-18(27)23-15-10-6-5-9-14(15)22/h2-10,17H,11-12H2,1H3,(H,23,27)(H,24,28)/t17-/m0/s1. The molecule has 3 aromatic rings. The first-order valence-corrected chi connectivity index (χ1v) is 9.09. The number of rotatable bonds is 6. The highest BCUT2D eigenvalue weighted by Gasteiger charge is 2.37. The second-order valence-electron chi connectivity index (χ2n) is 6.65. The summed E-state index contributed by atoms with van der Waals surface area (Å²) in [7, 11) is 1.57. The number of aromatic nitrogens is 2. The van der Waals surface area contributed by atoms with Gasteiger partial charge in [0.1, 0.15) is 17.7 Å². The van der Waals surface area contributed by atoms with Crippen LogP contribution in [0.5, 0.6) is 0 Å². The van der Waals surface area contributed by atoms with Gasteiger partial charge in [-0.2, -0.15) is 5.10 Å². The van der Waals surface area contributed by atoms with Crippen molar-refractivity contribution in [1.82, 2.24) is 9.78 Å². The van der Waals surface area contributed by atoms with Crippen molar-refractivity contribution in [2.24, 2.45) is 0 Å². The minimum Gasteiger partial charge on any atom is -0.378 e. The fraction of sp³-hybridized carbons (Fsp3) is 0.190. The molecule has 29 heavy (non-hydrogen) atoms. The third-order valence-electron chi connectivity index (χ3n) is 4.69. The zero-order valence-corrected chi connectivity index (χ0v) is 15.7. The number of benzene rings is 2. The van der Waals surface area contributed by atoms with Crippen molar-refractivity contribution in [2.75, 3.05) is 17.7 Å². The van der Waals surface area contributed by atoms with Crippen LogP contribution < -0.4 is 10.6 Å². The van der Waals surface area contributed by atoms with E-state index >= 15 is 0 Å². The monoisotopic (exact) mass is 394 g/mol. The highest BCUT2D eigenvalue weighted by atomic mass is 19.1. The van der Waals surface area contributed by atoms with Crippen molar-refractivity contribution >= 4 is 23.3 Å². The van der Waals surface area contributed by atoms with Crippen LogP contribution >= 0.6 is 0 Å². The highest BCUT2D eigenvalue weighted by Crippen LogP contribution is 2.38. The number of nitrogens with one attached hydrogen (secondary N) is 2. The van der Waals surface area contributed by atoms with Gasteiger partial charge in [0.15, 0.2) is 0 Å². The number of nitrogens with zero attached hydrogens (tertiary/aromatic N) is 2. The van der Waals surface area contributed by atoms with E-state index in [4.69, 9.17) is 4.74 Å². The molecule has 1 atom stereocenters. The minimum absolute atomic E-state index is 0.0710. The molecular formula is C21H19FN4O3. The van der Waals surface area contributed by atoms with E-state index in [0.29, 0.717) is 11.5 Å². The Hall–Kier alpha value is -3.52. The summed E-state index contributed by atoms with van der Waals surface area (Å²) < 4.78 is 20.5. The first kappa shape index (κ1) is 18.8. The summed E-state index contributed by atoms with van der Waals surface area (Å²) in [6, 6.07) is 14.6. The number of ether oxygens (including phenoxy) is 1. The Morgan fingerprint density at radius 3 is 2.66 bits per heavy atom. The topological polar surface area (TPSA) is 85.2 Å². The number of carbonyl (C=O) groups is 2. The summed E-state index contributed by atoms with van der Waals surface area (Å²) in [4.78, 5) is 25.0. The minimum atomic E-state index is -0.829. The maximum atomic E-state index is 13.8. The molecule has 1 aliphatic heterocycles. The SMILES string of the molecule is COCc1nn2c(c1-c1ccccc1)NC(=O)[C@@H]2CC(=O)Nc1ccccc1F. The summed E-state index contributed by atoms with van der Waals surface area (Å²) in [5.41, 5.74) is 2.38. The molecule has 2 aromatic carbocycles. The molecule has 148 valence electrons. The Balaban J connectivity index is 1.63. The third kappa shape index (κ3) is 3.62. The lowest BCUT2D eigenvalue weighted by Gasteiger charge is -2.10. The van der Waals surface area contributed by atoms with Gasteiger partial charge < -0.3 is 15.4 Å².